The number of halogens is 4. The molecule has 8 rings (SSSR count). The van der Waals surface area contributed by atoms with Crippen LogP contribution in [0.1, 0.15) is 88.0 Å². The van der Waals surface area contributed by atoms with E-state index in [2.05, 4.69) is 97.1 Å². The maximum absolute atomic E-state index is 12.5. The minimum atomic E-state index is -3.67. The van der Waals surface area contributed by atoms with E-state index in [1.807, 2.05) is 125 Å². The first kappa shape index (κ1) is 63.3. The molecular weight excluding hydrogens is 993 g/mol. The minimum Gasteiger partial charge on any atom is -1.00 e. The van der Waals surface area contributed by atoms with Gasteiger partial charge in [-0.05, 0) is 146 Å². The SMILES string of the molecule is CN(C)C(On1nnc2ccccc21)=[N+](C)C.CNC.Cc1cc(C)c(CNc2cc(C(=O)N(C)C)cn3c(C)c(C)nc23)c(C)c1.Cc1cc(C)c(CNc2cc(C(=O)O)cn3c(C)c(C)nc23)c(C)c1.FB(F)F.[F-]. The quantitative estimate of drug-likeness (QED) is 0.0428. The zero-order chi connectivity index (χ0) is 56.9. The molecule has 0 atom stereocenters. The van der Waals surface area contributed by atoms with Crippen molar-refractivity contribution in [2.24, 2.45) is 0 Å². The Labute approximate surface area is 449 Å². The average molecular weight is 1070 g/mol. The molecule has 0 fully saturated rings. The highest BCUT2D eigenvalue weighted by atomic mass is 19.4. The van der Waals surface area contributed by atoms with Gasteiger partial charge in [-0.25, -0.2) is 24.2 Å². The molecular formula is C55H74BF4N13O4. The maximum Gasteiger partial charge on any atom is 0.762 e. The number of amidine groups is 1. The highest BCUT2D eigenvalue weighted by Crippen LogP contribution is 2.27. The highest BCUT2D eigenvalue weighted by Gasteiger charge is 2.19. The molecule has 4 N–H and O–H groups in total. The van der Waals surface area contributed by atoms with Crippen LogP contribution >= 0.6 is 0 Å². The fourth-order valence-electron chi connectivity index (χ4n) is 8.39. The van der Waals surface area contributed by atoms with Crippen LogP contribution in [-0.2, 0) is 13.1 Å². The standard InChI is InChI=1S/C22H28N4O.C20H23N3O2.C11H16N5O.C2H7N.BF3.FH/c1-13-8-14(2)19(15(3)9-13)11-23-20-10-18(22(27)25(6)7)12-26-17(5)16(4)24-21(20)26;1-11-6-12(2)17(13(3)7-11)9-21-18-8-16(20(24)25)10-23-15(5)14(4)22-19(18)23;1-14(2)11(15(3)4)17-16-10-8-6-5-7-9(10)12-13-16;1-3-2;2-1(3)4;/h8-10,12,23H,11H2,1-7H3;6-8,10,21H,9H2,1-5H3,(H,24,25);5-8H,1-4H3;3H,1-2H3;;1H/q;;+1;;;/p-1. The van der Waals surface area contributed by atoms with E-state index in [0.29, 0.717) is 24.7 Å². The Morgan fingerprint density at radius 2 is 1.08 bits per heavy atom. The van der Waals surface area contributed by atoms with Crippen LogP contribution in [0.15, 0.2) is 73.1 Å². The smallest absolute Gasteiger partial charge is 0.762 e. The Kier molecular flexibility index (Phi) is 23.2. The third kappa shape index (κ3) is 16.5. The number of aryl methyl sites for hydroxylation is 10. The van der Waals surface area contributed by atoms with E-state index in [1.54, 1.807) is 31.3 Å². The molecule has 0 radical (unpaired) electrons. The van der Waals surface area contributed by atoms with Crippen LogP contribution in [0, 0.1) is 69.2 Å². The largest absolute Gasteiger partial charge is 1.00 e. The van der Waals surface area contributed by atoms with Gasteiger partial charge in [-0.1, -0.05) is 52.4 Å². The number of carbonyl (C=O) groups excluding carboxylic acids is 1. The lowest BCUT2D eigenvalue weighted by atomic mass is 10.00. The second kappa shape index (κ2) is 28.2. The molecule has 0 saturated heterocycles. The lowest BCUT2D eigenvalue weighted by molar-refractivity contribution is -0.480. The van der Waals surface area contributed by atoms with Gasteiger partial charge in [0.2, 0.25) is 0 Å². The Morgan fingerprint density at radius 1 is 0.675 bits per heavy atom. The van der Waals surface area contributed by atoms with E-state index < -0.39 is 13.5 Å². The normalized spacial score (nSPS) is 10.4. The number of aromatic nitrogens is 7. The van der Waals surface area contributed by atoms with Crippen LogP contribution in [0.3, 0.4) is 0 Å². The van der Waals surface area contributed by atoms with Crippen molar-refractivity contribution in [2.45, 2.75) is 82.3 Å². The van der Waals surface area contributed by atoms with Crippen molar-refractivity contribution in [1.82, 2.24) is 49.0 Å². The molecule has 17 nitrogen and oxygen atoms in total. The minimum absolute atomic E-state index is 0. The summed E-state index contributed by atoms with van der Waals surface area (Å²) in [6, 6.07) is 20.6. The monoisotopic (exact) mass is 1070 g/mol. The molecule has 8 aromatic rings. The Hall–Kier alpha value is -8.01. The number of nitrogens with one attached hydrogen (secondary N) is 3. The Morgan fingerprint density at radius 3 is 1.47 bits per heavy atom. The predicted molar refractivity (Wildman–Crippen MR) is 299 cm³/mol. The Bertz CT molecular complexity index is 3300. The van der Waals surface area contributed by atoms with Crippen molar-refractivity contribution in [3.05, 3.63) is 151 Å². The number of carboxylic acids is 1. The van der Waals surface area contributed by atoms with Gasteiger partial charge in [-0.15, -0.1) is 5.10 Å². The second-order valence-electron chi connectivity index (χ2n) is 19.1. The van der Waals surface area contributed by atoms with Crippen LogP contribution in [0.4, 0.5) is 24.3 Å². The number of anilines is 2. The third-order valence-electron chi connectivity index (χ3n) is 12.1. The first-order valence-electron chi connectivity index (χ1n) is 24.5. The van der Waals surface area contributed by atoms with Gasteiger partial charge >= 0.3 is 19.5 Å². The molecule has 0 aliphatic rings. The summed E-state index contributed by atoms with van der Waals surface area (Å²) in [6.45, 7) is 21.9. The third-order valence-corrected chi connectivity index (χ3v) is 12.1. The molecule has 0 bridgehead atoms. The summed E-state index contributed by atoms with van der Waals surface area (Å²) >= 11 is 0. The molecule has 5 aromatic heterocycles. The molecule has 22 heteroatoms. The zero-order valence-electron chi connectivity index (χ0n) is 47.6. The van der Waals surface area contributed by atoms with Gasteiger partial charge in [0.05, 0.1) is 62.1 Å². The topological polar surface area (TPSA) is 174 Å². The number of carbonyl (C=O) groups is 2. The number of aromatic carboxylic acids is 1. The fraction of sp³-hybridized carbons (Fsp3) is 0.364. The summed E-state index contributed by atoms with van der Waals surface area (Å²) in [5, 5.41) is 27.1. The number of carboxylic acid groups (broad SMARTS) is 1. The number of imidazole rings is 2. The van der Waals surface area contributed by atoms with E-state index in [1.165, 1.54) is 49.4 Å². The van der Waals surface area contributed by atoms with Crippen LogP contribution in [0.5, 0.6) is 0 Å². The van der Waals surface area contributed by atoms with E-state index in [-0.39, 0.29) is 16.2 Å². The summed E-state index contributed by atoms with van der Waals surface area (Å²) in [6.07, 6.45) is 3.50. The lowest BCUT2D eigenvalue weighted by Crippen LogP contribution is -3.00. The van der Waals surface area contributed by atoms with Crippen LogP contribution in [-0.4, -0.2) is 135 Å². The number of pyridine rings is 2. The second-order valence-corrected chi connectivity index (χ2v) is 19.1. The number of fused-ring (bicyclic) bond motifs is 3. The molecule has 0 saturated carbocycles. The van der Waals surface area contributed by atoms with Gasteiger partial charge in [-0.2, -0.15) is 0 Å². The molecule has 0 aliphatic heterocycles. The predicted octanol–water partition coefficient (Wildman–Crippen LogP) is 6.15. The van der Waals surface area contributed by atoms with Gasteiger partial charge in [-0.3, -0.25) is 22.6 Å². The summed E-state index contributed by atoms with van der Waals surface area (Å²) < 4.78 is 34.7. The molecule has 1 amide bonds. The average Bonchev–Trinajstić information content (AvgIpc) is 3.98. The van der Waals surface area contributed by atoms with Gasteiger partial charge < -0.3 is 39.5 Å². The van der Waals surface area contributed by atoms with Crippen molar-refractivity contribution in [3.63, 3.8) is 0 Å². The summed E-state index contributed by atoms with van der Waals surface area (Å²) in [5.74, 6) is -0.966. The van der Waals surface area contributed by atoms with Gasteiger partial charge in [0.25, 0.3) is 5.91 Å². The number of hydrogen-bond acceptors (Lipinski definition) is 10. The van der Waals surface area contributed by atoms with Crippen LogP contribution in [0.25, 0.3) is 22.3 Å². The number of para-hydroxylation sites is 1. The molecule has 5 heterocycles. The first-order chi connectivity index (χ1) is 35.7. The van der Waals surface area contributed by atoms with Crippen LogP contribution < -0.4 is 25.5 Å². The molecule has 77 heavy (non-hydrogen) atoms. The fourth-order valence-corrected chi connectivity index (χ4v) is 8.39. The van der Waals surface area contributed by atoms with Crippen molar-refractivity contribution in [3.8, 4) is 0 Å². The zero-order valence-corrected chi connectivity index (χ0v) is 47.6. The summed E-state index contributed by atoms with van der Waals surface area (Å²) in [5.41, 5.74) is 19.6. The molecule has 0 aliphatic carbocycles. The number of benzene rings is 3. The number of hydrogen-bond donors (Lipinski definition) is 4. The lowest BCUT2D eigenvalue weighted by Gasteiger charge is -2.16. The van der Waals surface area contributed by atoms with Gasteiger partial charge in [0.1, 0.15) is 11.0 Å². The van der Waals surface area contributed by atoms with E-state index >= 15 is 0 Å². The van der Waals surface area contributed by atoms with Crippen LogP contribution in [0.2, 0.25) is 0 Å². The highest BCUT2D eigenvalue weighted by molar-refractivity contribution is 6.33. The molecule has 414 valence electrons. The molecule has 0 unspecified atom stereocenters. The van der Waals surface area contributed by atoms with E-state index in [9.17, 15) is 27.6 Å². The van der Waals surface area contributed by atoms with Gasteiger partial charge in [0, 0.05) is 51.0 Å². The van der Waals surface area contributed by atoms with Crippen molar-refractivity contribution >= 4 is 59.1 Å². The number of nitrogens with zero attached hydrogens (tertiary/aromatic N) is 10. The Balaban J connectivity index is 0.000000290. The molecule has 3 aromatic carbocycles. The molecule has 0 spiro atoms. The van der Waals surface area contributed by atoms with Crippen molar-refractivity contribution < 1.29 is 41.8 Å². The van der Waals surface area contributed by atoms with E-state index in [4.69, 9.17) is 9.82 Å². The van der Waals surface area contributed by atoms with Gasteiger partial charge in [0.15, 0.2) is 11.3 Å². The summed E-state index contributed by atoms with van der Waals surface area (Å²) in [7, 11) is 11.3. The summed E-state index contributed by atoms with van der Waals surface area (Å²) in [4.78, 5) is 43.9. The maximum atomic E-state index is 12.5. The van der Waals surface area contributed by atoms with Crippen molar-refractivity contribution in [2.75, 3.05) is 67.0 Å². The van der Waals surface area contributed by atoms with E-state index in [0.717, 1.165) is 56.5 Å². The number of amides is 1. The number of rotatable bonds is 9. The van der Waals surface area contributed by atoms with Crippen molar-refractivity contribution in [1.29, 1.82) is 0 Å². The first-order valence-corrected chi connectivity index (χ1v) is 24.5.